The van der Waals surface area contributed by atoms with Gasteiger partial charge in [-0.05, 0) is 30.3 Å². The second kappa shape index (κ2) is 8.68. The summed E-state index contributed by atoms with van der Waals surface area (Å²) in [6.07, 6.45) is 1.44. The largest absolute Gasteiger partial charge is 0.493 e. The van der Waals surface area contributed by atoms with Crippen LogP contribution in [0.2, 0.25) is 0 Å². The lowest BCUT2D eigenvalue weighted by Crippen LogP contribution is -2.09. The average molecular weight is 377 g/mol. The van der Waals surface area contributed by atoms with Crippen molar-refractivity contribution in [3.63, 3.8) is 0 Å². The summed E-state index contributed by atoms with van der Waals surface area (Å²) in [6, 6.07) is 21.9. The maximum Gasteiger partial charge on any atom is 0.282 e. The van der Waals surface area contributed by atoms with Crippen LogP contribution in [0.5, 0.6) is 11.5 Å². The van der Waals surface area contributed by atoms with Gasteiger partial charge in [-0.2, -0.15) is 5.10 Å². The number of benzene rings is 3. The molecule has 0 fully saturated rings. The van der Waals surface area contributed by atoms with Crippen LogP contribution in [0.3, 0.4) is 0 Å². The molecule has 0 amide bonds. The molecular weight excluding hydrogens is 358 g/mol. The summed E-state index contributed by atoms with van der Waals surface area (Å²) < 4.78 is 10.4. The van der Waals surface area contributed by atoms with Gasteiger partial charge < -0.3 is 9.47 Å². The van der Waals surface area contributed by atoms with E-state index in [4.69, 9.17) is 9.47 Å². The third-order valence-corrected chi connectivity index (χ3v) is 4.04. The second-order valence-electron chi connectivity index (χ2n) is 5.75. The number of para-hydroxylation sites is 2. The molecule has 7 nitrogen and oxygen atoms in total. The van der Waals surface area contributed by atoms with Gasteiger partial charge in [0.2, 0.25) is 0 Å². The second-order valence-corrected chi connectivity index (χ2v) is 5.75. The van der Waals surface area contributed by atoms with Crippen LogP contribution >= 0.6 is 0 Å². The van der Waals surface area contributed by atoms with E-state index in [1.54, 1.807) is 5.01 Å². The molecule has 0 atom stereocenters. The summed E-state index contributed by atoms with van der Waals surface area (Å²) in [5.74, 6) is 0.676. The van der Waals surface area contributed by atoms with E-state index < -0.39 is 4.92 Å². The molecule has 3 aromatic rings. The summed E-state index contributed by atoms with van der Waals surface area (Å²) in [6.45, 7) is 0. The van der Waals surface area contributed by atoms with E-state index in [2.05, 4.69) is 5.10 Å². The Bertz CT molecular complexity index is 936. The van der Waals surface area contributed by atoms with Crippen LogP contribution in [0.1, 0.15) is 5.56 Å². The Balaban J connectivity index is 2.07. The molecule has 0 N–H and O–H groups in total. The number of hydrazone groups is 1. The third kappa shape index (κ3) is 4.09. The van der Waals surface area contributed by atoms with Gasteiger partial charge >= 0.3 is 0 Å². The Kier molecular flexibility index (Phi) is 5.86. The van der Waals surface area contributed by atoms with E-state index in [-0.39, 0.29) is 11.4 Å². The number of rotatable bonds is 7. The summed E-state index contributed by atoms with van der Waals surface area (Å²) in [5, 5.41) is 17.7. The van der Waals surface area contributed by atoms with Gasteiger partial charge in [0.25, 0.3) is 5.69 Å². The maximum absolute atomic E-state index is 11.5. The van der Waals surface area contributed by atoms with E-state index in [1.807, 2.05) is 60.7 Å². The lowest BCUT2D eigenvalue weighted by atomic mass is 10.1. The molecule has 28 heavy (non-hydrogen) atoms. The standard InChI is InChI=1S/C21H19N3O4/c1-27-20-13-16(19(24(25)26)14-21(20)28-2)15-22-23(17-9-5-3-6-10-17)18-11-7-4-8-12-18/h3-15H,1-2H3/b22-15-. The Morgan fingerprint density at radius 2 is 1.39 bits per heavy atom. The Hall–Kier alpha value is -3.87. The molecular formula is C21H19N3O4. The maximum atomic E-state index is 11.5. The first-order chi connectivity index (χ1) is 13.6. The van der Waals surface area contributed by atoms with Crippen molar-refractivity contribution in [3.8, 4) is 11.5 Å². The quantitative estimate of drug-likeness (QED) is 0.336. The van der Waals surface area contributed by atoms with Gasteiger partial charge in [0.15, 0.2) is 11.5 Å². The molecule has 3 aromatic carbocycles. The van der Waals surface area contributed by atoms with Crippen LogP contribution in [0.15, 0.2) is 77.9 Å². The third-order valence-electron chi connectivity index (χ3n) is 4.04. The topological polar surface area (TPSA) is 77.2 Å². The van der Waals surface area contributed by atoms with Crippen LogP contribution in [0.25, 0.3) is 0 Å². The number of nitro benzene ring substituents is 1. The van der Waals surface area contributed by atoms with Crippen LogP contribution < -0.4 is 14.5 Å². The van der Waals surface area contributed by atoms with Gasteiger partial charge in [0.1, 0.15) is 0 Å². The number of methoxy groups -OCH3 is 2. The van der Waals surface area contributed by atoms with E-state index in [0.717, 1.165) is 11.4 Å². The highest BCUT2D eigenvalue weighted by Crippen LogP contribution is 2.34. The minimum atomic E-state index is -0.474. The fourth-order valence-corrected chi connectivity index (χ4v) is 2.69. The minimum Gasteiger partial charge on any atom is -0.493 e. The van der Waals surface area contributed by atoms with Crippen LogP contribution in [0.4, 0.5) is 17.1 Å². The van der Waals surface area contributed by atoms with Gasteiger partial charge in [-0.15, -0.1) is 0 Å². The fourth-order valence-electron chi connectivity index (χ4n) is 2.69. The zero-order valence-corrected chi connectivity index (χ0v) is 15.5. The minimum absolute atomic E-state index is 0.123. The number of nitro groups is 1. The lowest BCUT2D eigenvalue weighted by Gasteiger charge is -2.19. The summed E-state index contributed by atoms with van der Waals surface area (Å²) in [7, 11) is 2.91. The van der Waals surface area contributed by atoms with E-state index in [0.29, 0.717) is 11.3 Å². The first-order valence-electron chi connectivity index (χ1n) is 8.48. The number of ether oxygens (including phenoxy) is 2. The van der Waals surface area contributed by atoms with Crippen LogP contribution in [0, 0.1) is 10.1 Å². The number of hydrogen-bond acceptors (Lipinski definition) is 6. The molecule has 3 rings (SSSR count). The van der Waals surface area contributed by atoms with Gasteiger partial charge in [-0.25, -0.2) is 5.01 Å². The smallest absolute Gasteiger partial charge is 0.282 e. The van der Waals surface area contributed by atoms with Crippen LogP contribution in [-0.2, 0) is 0 Å². The highest BCUT2D eigenvalue weighted by atomic mass is 16.6. The van der Waals surface area contributed by atoms with Crippen molar-refractivity contribution < 1.29 is 14.4 Å². The fraction of sp³-hybridized carbons (Fsp3) is 0.0952. The molecule has 0 aliphatic carbocycles. The molecule has 0 spiro atoms. The van der Waals surface area contributed by atoms with Gasteiger partial charge in [-0.3, -0.25) is 10.1 Å². The van der Waals surface area contributed by atoms with Crippen molar-refractivity contribution in [1.82, 2.24) is 0 Å². The van der Waals surface area contributed by atoms with Crippen LogP contribution in [-0.4, -0.2) is 25.4 Å². The normalized spacial score (nSPS) is 10.6. The summed E-state index contributed by atoms with van der Waals surface area (Å²) >= 11 is 0. The highest BCUT2D eigenvalue weighted by molar-refractivity contribution is 5.88. The van der Waals surface area contributed by atoms with Crippen molar-refractivity contribution in [3.05, 3.63) is 88.5 Å². The molecule has 0 heterocycles. The number of nitrogens with zero attached hydrogens (tertiary/aromatic N) is 3. The van der Waals surface area contributed by atoms with E-state index in [1.165, 1.54) is 32.6 Å². The van der Waals surface area contributed by atoms with Crippen molar-refractivity contribution in [2.24, 2.45) is 5.10 Å². The van der Waals surface area contributed by atoms with Gasteiger partial charge in [0.05, 0.1) is 48.4 Å². The molecule has 0 unspecified atom stereocenters. The van der Waals surface area contributed by atoms with Gasteiger partial charge in [-0.1, -0.05) is 36.4 Å². The highest BCUT2D eigenvalue weighted by Gasteiger charge is 2.19. The molecule has 142 valence electrons. The monoisotopic (exact) mass is 377 g/mol. The zero-order chi connectivity index (χ0) is 19.9. The average Bonchev–Trinajstić information content (AvgIpc) is 2.74. The molecule has 0 saturated heterocycles. The van der Waals surface area contributed by atoms with Crippen molar-refractivity contribution in [2.75, 3.05) is 19.2 Å². The lowest BCUT2D eigenvalue weighted by molar-refractivity contribution is -0.385. The summed E-state index contributed by atoms with van der Waals surface area (Å²) in [4.78, 5) is 11.0. The summed E-state index contributed by atoms with van der Waals surface area (Å²) in [5.41, 5.74) is 1.84. The van der Waals surface area contributed by atoms with E-state index >= 15 is 0 Å². The van der Waals surface area contributed by atoms with Gasteiger partial charge in [0, 0.05) is 0 Å². The first kappa shape index (κ1) is 18.9. The van der Waals surface area contributed by atoms with Crippen molar-refractivity contribution in [1.29, 1.82) is 0 Å². The zero-order valence-electron chi connectivity index (χ0n) is 15.5. The molecule has 0 bridgehead atoms. The van der Waals surface area contributed by atoms with Crippen molar-refractivity contribution >= 4 is 23.3 Å². The SMILES string of the molecule is COc1cc(/C=N\N(c2ccccc2)c2ccccc2)c([N+](=O)[O-])cc1OC. The Morgan fingerprint density at radius 1 is 0.893 bits per heavy atom. The number of anilines is 2. The Labute approximate surface area is 162 Å². The molecule has 7 heteroatoms. The predicted molar refractivity (Wildman–Crippen MR) is 109 cm³/mol. The first-order valence-corrected chi connectivity index (χ1v) is 8.48. The molecule has 0 radical (unpaired) electrons. The Morgan fingerprint density at radius 3 is 1.86 bits per heavy atom. The predicted octanol–water partition coefficient (Wildman–Crippen LogP) is 4.78. The molecule has 0 aliphatic rings. The molecule has 0 aromatic heterocycles. The van der Waals surface area contributed by atoms with E-state index in [9.17, 15) is 10.1 Å². The number of hydrogen-bond donors (Lipinski definition) is 0. The molecule has 0 saturated carbocycles. The molecule has 0 aliphatic heterocycles. The van der Waals surface area contributed by atoms with Crippen molar-refractivity contribution in [2.45, 2.75) is 0 Å².